The second kappa shape index (κ2) is 12.7. The third kappa shape index (κ3) is 5.06. The Kier molecular flexibility index (Phi) is 7.20. The van der Waals surface area contributed by atoms with Gasteiger partial charge in [-0.2, -0.15) is 0 Å². The number of fused-ring (bicyclic) bond motifs is 11. The van der Waals surface area contributed by atoms with E-state index in [2.05, 4.69) is 216 Å². The SMILES string of the molecule is c1ccc(N2c3ccccc3Sc3cc(-c4cccc(-c5ccc6c7ccccc7n(-c7ccc8c9ccccc9c9ccccc9c8c7)c6c5)c4)ccc32)cc1. The van der Waals surface area contributed by atoms with Gasteiger partial charge in [0.1, 0.15) is 0 Å². The Balaban J connectivity index is 0.988. The number of aromatic nitrogens is 1. The molecule has 11 aromatic rings. The van der Waals surface area contributed by atoms with E-state index >= 15 is 0 Å². The van der Waals surface area contributed by atoms with Crippen LogP contribution in [0.2, 0.25) is 0 Å². The van der Waals surface area contributed by atoms with E-state index in [1.54, 1.807) is 0 Å². The molecular weight excluding hydrogens is 709 g/mol. The highest BCUT2D eigenvalue weighted by atomic mass is 32.2. The smallest absolute Gasteiger partial charge is 0.0602 e. The van der Waals surface area contributed by atoms with Crippen LogP contribution in [-0.4, -0.2) is 4.57 Å². The first-order valence-corrected chi connectivity index (χ1v) is 20.3. The fourth-order valence-electron chi connectivity index (χ4n) is 9.13. The van der Waals surface area contributed by atoms with Crippen LogP contribution in [0.25, 0.3) is 82.1 Å². The summed E-state index contributed by atoms with van der Waals surface area (Å²) < 4.78 is 2.46. The molecule has 0 fully saturated rings. The Bertz CT molecular complexity index is 3360. The molecule has 0 bridgehead atoms. The van der Waals surface area contributed by atoms with Crippen molar-refractivity contribution in [3.63, 3.8) is 0 Å². The largest absolute Gasteiger partial charge is 0.309 e. The van der Waals surface area contributed by atoms with Gasteiger partial charge in [-0.1, -0.05) is 151 Å². The summed E-state index contributed by atoms with van der Waals surface area (Å²) in [7, 11) is 0. The van der Waals surface area contributed by atoms with Gasteiger partial charge in [0.25, 0.3) is 0 Å². The quantitative estimate of drug-likeness (QED) is 0.166. The van der Waals surface area contributed by atoms with Crippen LogP contribution in [0.15, 0.2) is 216 Å². The summed E-state index contributed by atoms with van der Waals surface area (Å²) in [4.78, 5) is 4.90. The van der Waals surface area contributed by atoms with E-state index in [1.165, 1.54) is 103 Å². The molecular formula is C54H34N2S. The fourth-order valence-corrected chi connectivity index (χ4v) is 10.2. The molecule has 2 heterocycles. The summed E-state index contributed by atoms with van der Waals surface area (Å²) in [5, 5.41) is 10.2. The molecule has 3 heteroatoms. The van der Waals surface area contributed by atoms with E-state index in [0.29, 0.717) is 0 Å². The Hall–Kier alpha value is -7.07. The van der Waals surface area contributed by atoms with E-state index in [0.717, 1.165) is 5.69 Å². The Labute approximate surface area is 334 Å². The summed E-state index contributed by atoms with van der Waals surface area (Å²) in [5.74, 6) is 0. The van der Waals surface area contributed by atoms with Crippen molar-refractivity contribution in [3.05, 3.63) is 206 Å². The molecule has 2 nitrogen and oxygen atoms in total. The van der Waals surface area contributed by atoms with Crippen LogP contribution in [0.1, 0.15) is 0 Å². The van der Waals surface area contributed by atoms with Crippen molar-refractivity contribution in [2.75, 3.05) is 4.90 Å². The number of para-hydroxylation sites is 3. The maximum atomic E-state index is 2.46. The molecule has 0 atom stereocenters. The van der Waals surface area contributed by atoms with Crippen molar-refractivity contribution < 1.29 is 0 Å². The minimum atomic E-state index is 1.16. The molecule has 12 rings (SSSR count). The molecule has 0 N–H and O–H groups in total. The first-order valence-electron chi connectivity index (χ1n) is 19.5. The Morgan fingerprint density at radius 1 is 0.281 bits per heavy atom. The zero-order valence-corrected chi connectivity index (χ0v) is 31.7. The number of hydrogen-bond donors (Lipinski definition) is 0. The van der Waals surface area contributed by atoms with E-state index in [9.17, 15) is 0 Å². The highest BCUT2D eigenvalue weighted by molar-refractivity contribution is 7.99. The Morgan fingerprint density at radius 3 is 1.60 bits per heavy atom. The minimum absolute atomic E-state index is 1.16. The van der Waals surface area contributed by atoms with Gasteiger partial charge in [-0.05, 0) is 121 Å². The van der Waals surface area contributed by atoms with Crippen molar-refractivity contribution in [1.82, 2.24) is 4.57 Å². The van der Waals surface area contributed by atoms with Crippen molar-refractivity contribution in [3.8, 4) is 27.9 Å². The summed E-state index contributed by atoms with van der Waals surface area (Å²) in [6, 6.07) is 75.8. The second-order valence-electron chi connectivity index (χ2n) is 14.9. The lowest BCUT2D eigenvalue weighted by Crippen LogP contribution is -2.14. The molecule has 0 aliphatic carbocycles. The average molecular weight is 743 g/mol. The molecule has 1 aromatic heterocycles. The topological polar surface area (TPSA) is 8.17 Å². The maximum Gasteiger partial charge on any atom is 0.0602 e. The van der Waals surface area contributed by atoms with Gasteiger partial charge in [-0.3, -0.25) is 0 Å². The molecule has 1 aliphatic heterocycles. The van der Waals surface area contributed by atoms with Gasteiger partial charge in [0.15, 0.2) is 0 Å². The van der Waals surface area contributed by atoms with Crippen LogP contribution in [0.5, 0.6) is 0 Å². The molecule has 0 amide bonds. The van der Waals surface area contributed by atoms with Gasteiger partial charge in [-0.15, -0.1) is 0 Å². The first kappa shape index (κ1) is 32.2. The minimum Gasteiger partial charge on any atom is -0.309 e. The lowest BCUT2D eigenvalue weighted by Gasteiger charge is -2.33. The third-order valence-corrected chi connectivity index (χ3v) is 12.8. The van der Waals surface area contributed by atoms with Crippen molar-refractivity contribution in [1.29, 1.82) is 0 Å². The van der Waals surface area contributed by atoms with Crippen LogP contribution in [-0.2, 0) is 0 Å². The summed E-state index contributed by atoms with van der Waals surface area (Å²) >= 11 is 1.85. The van der Waals surface area contributed by atoms with E-state index in [1.807, 2.05) is 11.8 Å². The van der Waals surface area contributed by atoms with Crippen molar-refractivity contribution in [2.45, 2.75) is 9.79 Å². The van der Waals surface area contributed by atoms with E-state index in [-0.39, 0.29) is 0 Å². The molecule has 0 unspecified atom stereocenters. The molecule has 57 heavy (non-hydrogen) atoms. The highest BCUT2D eigenvalue weighted by Gasteiger charge is 2.25. The zero-order valence-electron chi connectivity index (χ0n) is 30.9. The predicted octanol–water partition coefficient (Wildman–Crippen LogP) is 15.5. The van der Waals surface area contributed by atoms with Crippen LogP contribution in [0, 0.1) is 0 Å². The van der Waals surface area contributed by atoms with Gasteiger partial charge in [0.05, 0.1) is 22.4 Å². The van der Waals surface area contributed by atoms with E-state index in [4.69, 9.17) is 0 Å². The summed E-state index contributed by atoms with van der Waals surface area (Å²) in [6.07, 6.45) is 0. The number of hydrogen-bond acceptors (Lipinski definition) is 2. The number of rotatable bonds is 4. The molecule has 1 aliphatic rings. The maximum absolute atomic E-state index is 2.46. The zero-order chi connectivity index (χ0) is 37.5. The molecule has 0 saturated carbocycles. The fraction of sp³-hybridized carbons (Fsp3) is 0. The van der Waals surface area contributed by atoms with Gasteiger partial charge in [0, 0.05) is 31.9 Å². The van der Waals surface area contributed by atoms with Crippen LogP contribution in [0.4, 0.5) is 17.1 Å². The summed E-state index contributed by atoms with van der Waals surface area (Å²) in [5.41, 5.74) is 12.0. The monoisotopic (exact) mass is 742 g/mol. The van der Waals surface area contributed by atoms with Gasteiger partial charge >= 0.3 is 0 Å². The third-order valence-electron chi connectivity index (χ3n) is 11.7. The molecule has 10 aromatic carbocycles. The van der Waals surface area contributed by atoms with Crippen LogP contribution < -0.4 is 4.90 Å². The lowest BCUT2D eigenvalue weighted by molar-refractivity contribution is 1.17. The number of benzene rings is 10. The van der Waals surface area contributed by atoms with Gasteiger partial charge in [0.2, 0.25) is 0 Å². The highest BCUT2D eigenvalue weighted by Crippen LogP contribution is 2.52. The number of anilines is 3. The molecule has 266 valence electrons. The molecule has 0 radical (unpaired) electrons. The average Bonchev–Trinajstić information content (AvgIpc) is 3.62. The molecule has 0 spiro atoms. The summed E-state index contributed by atoms with van der Waals surface area (Å²) in [6.45, 7) is 0. The lowest BCUT2D eigenvalue weighted by atomic mass is 9.94. The number of nitrogens with zero attached hydrogens (tertiary/aromatic N) is 2. The second-order valence-corrected chi connectivity index (χ2v) is 16.0. The Morgan fingerprint density at radius 2 is 0.825 bits per heavy atom. The molecule has 0 saturated heterocycles. The first-order chi connectivity index (χ1) is 28.3. The van der Waals surface area contributed by atoms with E-state index < -0.39 is 0 Å². The van der Waals surface area contributed by atoms with Gasteiger partial charge < -0.3 is 9.47 Å². The van der Waals surface area contributed by atoms with Gasteiger partial charge in [-0.25, -0.2) is 0 Å². The predicted molar refractivity (Wildman–Crippen MR) is 243 cm³/mol. The standard InChI is InChI=1S/C54H34N2S/c1-2-15-39(16-3-1)55-50-23-10-11-24-53(50)57-54-33-38(26-30-51(54)55)36-14-12-13-35(31-36)37-25-28-47-46-21-8-9-22-49(46)56(52(47)32-37)40-27-29-45-43-19-5-4-17-41(43)42-18-6-7-20-44(42)48(45)34-40/h1-34H. The van der Waals surface area contributed by atoms with Crippen molar-refractivity contribution in [2.24, 2.45) is 0 Å². The van der Waals surface area contributed by atoms with Crippen LogP contribution in [0.3, 0.4) is 0 Å². The van der Waals surface area contributed by atoms with Crippen LogP contribution >= 0.6 is 11.8 Å². The normalized spacial score (nSPS) is 12.5. The van der Waals surface area contributed by atoms with Crippen molar-refractivity contribution >= 4 is 82.9 Å².